The number of aromatic nitrogens is 5. The SMILES string of the molecule is Cc1cnc(CN2CCC(c3nncn3C)CC2)cn1. The van der Waals surface area contributed by atoms with Crippen LogP contribution in [0.2, 0.25) is 0 Å². The van der Waals surface area contributed by atoms with Gasteiger partial charge in [0.2, 0.25) is 0 Å². The van der Waals surface area contributed by atoms with Crippen LogP contribution in [0.15, 0.2) is 18.7 Å². The van der Waals surface area contributed by atoms with Crippen LogP contribution in [0.5, 0.6) is 0 Å². The molecule has 0 N–H and O–H groups in total. The first kappa shape index (κ1) is 13.2. The smallest absolute Gasteiger partial charge is 0.135 e. The number of hydrogen-bond acceptors (Lipinski definition) is 5. The van der Waals surface area contributed by atoms with Crippen LogP contribution in [-0.4, -0.2) is 42.7 Å². The Morgan fingerprint density at radius 3 is 2.60 bits per heavy atom. The molecule has 1 aliphatic rings. The van der Waals surface area contributed by atoms with Gasteiger partial charge < -0.3 is 4.57 Å². The van der Waals surface area contributed by atoms with Crippen molar-refractivity contribution < 1.29 is 0 Å². The first-order valence-corrected chi connectivity index (χ1v) is 7.06. The molecule has 6 nitrogen and oxygen atoms in total. The Kier molecular flexibility index (Phi) is 3.73. The van der Waals surface area contributed by atoms with Gasteiger partial charge in [0.15, 0.2) is 0 Å². The number of piperidine rings is 1. The fourth-order valence-electron chi connectivity index (χ4n) is 2.74. The van der Waals surface area contributed by atoms with Gasteiger partial charge in [0.05, 0.1) is 11.4 Å². The molecule has 0 aliphatic carbocycles. The third kappa shape index (κ3) is 2.85. The predicted octanol–water partition coefficient (Wildman–Crippen LogP) is 1.29. The summed E-state index contributed by atoms with van der Waals surface area (Å²) in [7, 11) is 2.02. The molecular weight excluding hydrogens is 252 g/mol. The molecule has 0 atom stereocenters. The minimum absolute atomic E-state index is 0.530. The normalized spacial score (nSPS) is 17.5. The minimum atomic E-state index is 0.530. The topological polar surface area (TPSA) is 59.7 Å². The van der Waals surface area contributed by atoms with E-state index in [1.54, 1.807) is 6.33 Å². The molecule has 3 rings (SSSR count). The van der Waals surface area contributed by atoms with E-state index in [1.807, 2.05) is 30.9 Å². The predicted molar refractivity (Wildman–Crippen MR) is 75.0 cm³/mol. The molecule has 1 fully saturated rings. The maximum absolute atomic E-state index is 4.42. The van der Waals surface area contributed by atoms with Crippen molar-refractivity contribution in [2.75, 3.05) is 13.1 Å². The van der Waals surface area contributed by atoms with E-state index in [0.29, 0.717) is 5.92 Å². The molecule has 106 valence electrons. The van der Waals surface area contributed by atoms with E-state index in [1.165, 1.54) is 0 Å². The number of likely N-dealkylation sites (tertiary alicyclic amines) is 1. The Hall–Kier alpha value is -1.82. The maximum atomic E-state index is 4.42. The van der Waals surface area contributed by atoms with E-state index in [2.05, 4.69) is 25.1 Å². The second kappa shape index (κ2) is 5.66. The summed E-state index contributed by atoms with van der Waals surface area (Å²) in [5.41, 5.74) is 2.02. The van der Waals surface area contributed by atoms with E-state index in [9.17, 15) is 0 Å². The van der Waals surface area contributed by atoms with Crippen molar-refractivity contribution >= 4 is 0 Å². The summed E-state index contributed by atoms with van der Waals surface area (Å²) >= 11 is 0. The van der Waals surface area contributed by atoms with Crippen LogP contribution in [0.3, 0.4) is 0 Å². The zero-order valence-electron chi connectivity index (χ0n) is 12.0. The number of aryl methyl sites for hydroxylation is 2. The number of rotatable bonds is 3. The van der Waals surface area contributed by atoms with Gasteiger partial charge in [-0.25, -0.2) is 0 Å². The molecule has 2 aromatic rings. The summed E-state index contributed by atoms with van der Waals surface area (Å²) in [5.74, 6) is 1.64. The molecule has 20 heavy (non-hydrogen) atoms. The summed E-state index contributed by atoms with van der Waals surface area (Å²) in [6.07, 6.45) is 7.76. The van der Waals surface area contributed by atoms with Gasteiger partial charge in [-0.2, -0.15) is 0 Å². The second-order valence-corrected chi connectivity index (χ2v) is 5.50. The van der Waals surface area contributed by atoms with Crippen molar-refractivity contribution in [3.63, 3.8) is 0 Å². The third-order valence-corrected chi connectivity index (χ3v) is 3.92. The summed E-state index contributed by atoms with van der Waals surface area (Å²) in [4.78, 5) is 11.2. The van der Waals surface area contributed by atoms with Crippen LogP contribution in [0.25, 0.3) is 0 Å². The van der Waals surface area contributed by atoms with Crippen LogP contribution < -0.4 is 0 Å². The number of hydrogen-bond donors (Lipinski definition) is 0. The molecule has 0 bridgehead atoms. The Morgan fingerprint density at radius 1 is 1.20 bits per heavy atom. The highest BCUT2D eigenvalue weighted by molar-refractivity contribution is 5.02. The average Bonchev–Trinajstić information content (AvgIpc) is 2.89. The highest BCUT2D eigenvalue weighted by Gasteiger charge is 2.23. The molecule has 0 amide bonds. The molecule has 3 heterocycles. The molecule has 0 aromatic carbocycles. The van der Waals surface area contributed by atoms with Crippen LogP contribution in [0.4, 0.5) is 0 Å². The fourth-order valence-corrected chi connectivity index (χ4v) is 2.74. The van der Waals surface area contributed by atoms with Gasteiger partial charge in [0, 0.05) is 31.9 Å². The van der Waals surface area contributed by atoms with Crippen molar-refractivity contribution in [3.8, 4) is 0 Å². The van der Waals surface area contributed by atoms with Crippen molar-refractivity contribution in [3.05, 3.63) is 35.9 Å². The van der Waals surface area contributed by atoms with Gasteiger partial charge in [-0.05, 0) is 32.9 Å². The molecule has 0 saturated carbocycles. The monoisotopic (exact) mass is 272 g/mol. The second-order valence-electron chi connectivity index (χ2n) is 5.50. The van der Waals surface area contributed by atoms with Crippen LogP contribution in [0.1, 0.15) is 36.0 Å². The molecule has 0 unspecified atom stereocenters. The highest BCUT2D eigenvalue weighted by atomic mass is 15.3. The zero-order chi connectivity index (χ0) is 13.9. The quantitative estimate of drug-likeness (QED) is 0.842. The summed E-state index contributed by atoms with van der Waals surface area (Å²) in [6.45, 7) is 5.00. The van der Waals surface area contributed by atoms with E-state index >= 15 is 0 Å². The Morgan fingerprint density at radius 2 is 2.00 bits per heavy atom. The van der Waals surface area contributed by atoms with E-state index in [-0.39, 0.29) is 0 Å². The molecule has 1 saturated heterocycles. The number of nitrogens with zero attached hydrogens (tertiary/aromatic N) is 6. The summed E-state index contributed by atoms with van der Waals surface area (Å²) < 4.78 is 2.03. The molecule has 0 radical (unpaired) electrons. The van der Waals surface area contributed by atoms with Crippen molar-refractivity contribution in [2.45, 2.75) is 32.2 Å². The average molecular weight is 272 g/mol. The van der Waals surface area contributed by atoms with Gasteiger partial charge in [-0.15, -0.1) is 10.2 Å². The van der Waals surface area contributed by atoms with E-state index < -0.39 is 0 Å². The van der Waals surface area contributed by atoms with Crippen molar-refractivity contribution in [2.24, 2.45) is 7.05 Å². The molecule has 2 aromatic heterocycles. The molecular formula is C14H20N6. The van der Waals surface area contributed by atoms with E-state index in [4.69, 9.17) is 0 Å². The largest absolute Gasteiger partial charge is 0.320 e. The highest BCUT2D eigenvalue weighted by Crippen LogP contribution is 2.26. The third-order valence-electron chi connectivity index (χ3n) is 3.92. The summed E-state index contributed by atoms with van der Waals surface area (Å²) in [6, 6.07) is 0. The van der Waals surface area contributed by atoms with Crippen LogP contribution in [0, 0.1) is 6.92 Å². The molecule has 6 heteroatoms. The first-order chi connectivity index (χ1) is 9.72. The van der Waals surface area contributed by atoms with Gasteiger partial charge in [-0.3, -0.25) is 14.9 Å². The lowest BCUT2D eigenvalue weighted by Gasteiger charge is -2.30. The lowest BCUT2D eigenvalue weighted by Crippen LogP contribution is -2.33. The standard InChI is InChI=1S/C14H20N6/c1-11-7-16-13(8-15-11)9-20-5-3-12(4-6-20)14-18-17-10-19(14)2/h7-8,10,12H,3-6,9H2,1-2H3. The first-order valence-electron chi connectivity index (χ1n) is 7.06. The van der Waals surface area contributed by atoms with Gasteiger partial charge in [0.25, 0.3) is 0 Å². The summed E-state index contributed by atoms with van der Waals surface area (Å²) in [5, 5.41) is 8.20. The Bertz CT molecular complexity index is 553. The fraction of sp³-hybridized carbons (Fsp3) is 0.571. The van der Waals surface area contributed by atoms with Crippen LogP contribution >= 0.6 is 0 Å². The molecule has 0 spiro atoms. The van der Waals surface area contributed by atoms with Gasteiger partial charge >= 0.3 is 0 Å². The molecule has 1 aliphatic heterocycles. The lowest BCUT2D eigenvalue weighted by molar-refractivity contribution is 0.198. The zero-order valence-corrected chi connectivity index (χ0v) is 12.0. The van der Waals surface area contributed by atoms with Crippen LogP contribution in [-0.2, 0) is 13.6 Å². The minimum Gasteiger partial charge on any atom is -0.320 e. The van der Waals surface area contributed by atoms with Crippen molar-refractivity contribution in [1.29, 1.82) is 0 Å². The van der Waals surface area contributed by atoms with Crippen molar-refractivity contribution in [1.82, 2.24) is 29.6 Å². The lowest BCUT2D eigenvalue weighted by atomic mass is 9.96. The maximum Gasteiger partial charge on any atom is 0.135 e. The Balaban J connectivity index is 1.56. The Labute approximate surface area is 118 Å². The van der Waals surface area contributed by atoms with Gasteiger partial charge in [-0.1, -0.05) is 0 Å². The van der Waals surface area contributed by atoms with E-state index in [0.717, 1.165) is 49.7 Å². The van der Waals surface area contributed by atoms with Gasteiger partial charge in [0.1, 0.15) is 12.2 Å².